The maximum absolute atomic E-state index is 3.70. The van der Waals surface area contributed by atoms with E-state index in [2.05, 4.69) is 15.5 Å². The van der Waals surface area contributed by atoms with Crippen molar-refractivity contribution in [3.8, 4) is 0 Å². The Kier molecular flexibility index (Phi) is 1.23. The molecule has 0 saturated carbocycles. The van der Waals surface area contributed by atoms with Gasteiger partial charge in [0.1, 0.15) is 6.34 Å². The Hall–Kier alpha value is -1.12. The van der Waals surface area contributed by atoms with Crippen LogP contribution in [0.1, 0.15) is 0 Å². The summed E-state index contributed by atoms with van der Waals surface area (Å²) >= 11 is 0. The van der Waals surface area contributed by atoms with Gasteiger partial charge in [0.05, 0.1) is 0 Å². The van der Waals surface area contributed by atoms with Crippen LogP contribution in [0, 0.1) is 0 Å². The van der Waals surface area contributed by atoms with Crippen LogP contribution >= 0.6 is 0 Å². The number of rotatable bonds is 0. The van der Waals surface area contributed by atoms with Gasteiger partial charge in [-0.2, -0.15) is 5.10 Å². The number of hydrogen-bond acceptors (Lipinski definition) is 3. The van der Waals surface area contributed by atoms with E-state index in [0.29, 0.717) is 0 Å². The van der Waals surface area contributed by atoms with Gasteiger partial charge >= 0.3 is 0 Å². The van der Waals surface area contributed by atoms with Crippen molar-refractivity contribution >= 4 is 12.6 Å². The molecule has 0 aliphatic carbocycles. The average molecular weight is 95.1 g/mol. The smallest absolute Gasteiger partial charge is 0.135 e. The summed E-state index contributed by atoms with van der Waals surface area (Å²) in [5.74, 6) is 0. The monoisotopic (exact) mass is 95.0 g/mol. The highest BCUT2D eigenvalue weighted by atomic mass is 15.3. The minimum atomic E-state index is 1.44. The molecule has 0 spiro atoms. The van der Waals surface area contributed by atoms with Crippen molar-refractivity contribution < 1.29 is 0 Å². The average Bonchev–Trinajstić information content (AvgIpc) is 1.90. The lowest BCUT2D eigenvalue weighted by Gasteiger charge is -1.77. The summed E-state index contributed by atoms with van der Waals surface area (Å²) in [5.41, 5.74) is 2.61. The number of nitrogens with zero attached hydrogens (tertiary/aromatic N) is 2. The predicted molar refractivity (Wildman–Crippen MR) is 29.3 cm³/mol. The summed E-state index contributed by atoms with van der Waals surface area (Å²) in [5, 5.41) is 3.61. The van der Waals surface area contributed by atoms with Gasteiger partial charge in [-0.25, -0.2) is 4.99 Å². The standard InChI is InChI=1S/C4H5N3/c1-2-5-4-7-6-3-1/h1-4,6H. The van der Waals surface area contributed by atoms with Crippen LogP contribution in [0.3, 0.4) is 0 Å². The summed E-state index contributed by atoms with van der Waals surface area (Å²) < 4.78 is 0. The van der Waals surface area contributed by atoms with Crippen LogP contribution in [-0.2, 0) is 0 Å². The molecule has 0 aromatic heterocycles. The molecule has 0 aromatic carbocycles. The predicted octanol–water partition coefficient (Wildman–Crippen LogP) is 0.117. The van der Waals surface area contributed by atoms with Crippen LogP contribution in [0.4, 0.5) is 0 Å². The molecule has 1 aliphatic rings. The van der Waals surface area contributed by atoms with Crippen LogP contribution in [-0.4, -0.2) is 12.6 Å². The van der Waals surface area contributed by atoms with Gasteiger partial charge in [0.15, 0.2) is 0 Å². The fourth-order valence-corrected chi connectivity index (χ4v) is 0.284. The van der Waals surface area contributed by atoms with Crippen LogP contribution in [0.25, 0.3) is 0 Å². The molecule has 1 N–H and O–H groups in total. The number of nitrogens with one attached hydrogen (secondary N) is 1. The Bertz CT molecular complexity index is 109. The number of allylic oxidation sites excluding steroid dienone is 1. The second-order valence-electron chi connectivity index (χ2n) is 1.03. The van der Waals surface area contributed by atoms with Crippen molar-refractivity contribution in [1.29, 1.82) is 0 Å². The quantitative estimate of drug-likeness (QED) is 0.455. The highest BCUT2D eigenvalue weighted by Gasteiger charge is 1.68. The molecular weight excluding hydrogens is 90.1 g/mol. The number of hydrazone groups is 1. The van der Waals surface area contributed by atoms with Gasteiger partial charge in [0.2, 0.25) is 0 Å². The minimum Gasteiger partial charge on any atom is -0.284 e. The Morgan fingerprint density at radius 1 is 1.43 bits per heavy atom. The van der Waals surface area contributed by atoms with E-state index >= 15 is 0 Å². The molecule has 3 heteroatoms. The summed E-state index contributed by atoms with van der Waals surface area (Å²) in [6.45, 7) is 0. The SMILES string of the molecule is C1=CNN=CN=C1. The Labute approximate surface area is 41.4 Å². The zero-order valence-corrected chi connectivity index (χ0v) is 3.70. The lowest BCUT2D eigenvalue weighted by atomic mass is 10.7. The molecule has 0 unspecified atom stereocenters. The largest absolute Gasteiger partial charge is 0.284 e. The van der Waals surface area contributed by atoms with Crippen molar-refractivity contribution in [2.24, 2.45) is 10.1 Å². The molecule has 1 aliphatic heterocycles. The molecular formula is C4H5N3. The molecule has 1 heterocycles. The van der Waals surface area contributed by atoms with E-state index in [1.54, 1.807) is 18.5 Å². The first-order chi connectivity index (χ1) is 3.50. The molecule has 1 rings (SSSR count). The van der Waals surface area contributed by atoms with Crippen molar-refractivity contribution in [2.45, 2.75) is 0 Å². The zero-order chi connectivity index (χ0) is 4.95. The summed E-state index contributed by atoms with van der Waals surface area (Å²) in [7, 11) is 0. The summed E-state index contributed by atoms with van der Waals surface area (Å²) in [4.78, 5) is 3.70. The Morgan fingerprint density at radius 3 is 3.43 bits per heavy atom. The number of aliphatic imine (C=N–C) groups is 1. The van der Waals surface area contributed by atoms with Gasteiger partial charge in [0.25, 0.3) is 0 Å². The topological polar surface area (TPSA) is 36.8 Å². The molecule has 0 aromatic rings. The molecule has 3 nitrogen and oxygen atoms in total. The third kappa shape index (κ3) is 1.17. The van der Waals surface area contributed by atoms with E-state index in [1.165, 1.54) is 6.34 Å². The second-order valence-corrected chi connectivity index (χ2v) is 1.03. The Balaban J connectivity index is 2.60. The van der Waals surface area contributed by atoms with E-state index in [-0.39, 0.29) is 0 Å². The van der Waals surface area contributed by atoms with Crippen LogP contribution in [0.5, 0.6) is 0 Å². The fourth-order valence-electron chi connectivity index (χ4n) is 0.284. The molecule has 36 valence electrons. The molecule has 0 radical (unpaired) electrons. The second kappa shape index (κ2) is 2.12. The Morgan fingerprint density at radius 2 is 2.43 bits per heavy atom. The maximum Gasteiger partial charge on any atom is 0.135 e. The van der Waals surface area contributed by atoms with Crippen LogP contribution in [0.15, 0.2) is 22.4 Å². The van der Waals surface area contributed by atoms with E-state index in [0.717, 1.165) is 0 Å². The van der Waals surface area contributed by atoms with Gasteiger partial charge in [-0.3, -0.25) is 5.43 Å². The third-order valence-electron chi connectivity index (χ3n) is 0.542. The molecule has 0 fully saturated rings. The molecule has 0 saturated heterocycles. The third-order valence-corrected chi connectivity index (χ3v) is 0.542. The van der Waals surface area contributed by atoms with Crippen molar-refractivity contribution in [3.63, 3.8) is 0 Å². The molecule has 0 atom stereocenters. The van der Waals surface area contributed by atoms with Gasteiger partial charge < -0.3 is 0 Å². The van der Waals surface area contributed by atoms with Crippen LogP contribution < -0.4 is 5.43 Å². The van der Waals surface area contributed by atoms with Gasteiger partial charge in [-0.15, -0.1) is 0 Å². The van der Waals surface area contributed by atoms with E-state index in [1.807, 2.05) is 0 Å². The lowest BCUT2D eigenvalue weighted by Crippen LogP contribution is -1.89. The van der Waals surface area contributed by atoms with Gasteiger partial charge in [-0.05, 0) is 6.08 Å². The first-order valence-electron chi connectivity index (χ1n) is 1.95. The van der Waals surface area contributed by atoms with Crippen molar-refractivity contribution in [2.75, 3.05) is 0 Å². The van der Waals surface area contributed by atoms with Crippen LogP contribution in [0.2, 0.25) is 0 Å². The lowest BCUT2D eigenvalue weighted by molar-refractivity contribution is 0.977. The maximum atomic E-state index is 3.70. The van der Waals surface area contributed by atoms with E-state index in [4.69, 9.17) is 0 Å². The normalized spacial score (nSPS) is 16.0. The zero-order valence-electron chi connectivity index (χ0n) is 3.70. The molecule has 0 bridgehead atoms. The summed E-state index contributed by atoms with van der Waals surface area (Å²) in [6.07, 6.45) is 6.57. The van der Waals surface area contributed by atoms with E-state index in [9.17, 15) is 0 Å². The van der Waals surface area contributed by atoms with Gasteiger partial charge in [0, 0.05) is 12.4 Å². The highest BCUT2D eigenvalue weighted by Crippen LogP contribution is 1.69. The van der Waals surface area contributed by atoms with Crippen molar-refractivity contribution in [3.05, 3.63) is 12.3 Å². The fraction of sp³-hybridized carbons (Fsp3) is 0. The number of hydrogen-bond donors (Lipinski definition) is 1. The molecule has 0 amide bonds. The summed E-state index contributed by atoms with van der Waals surface area (Å²) in [6, 6.07) is 0. The first-order valence-corrected chi connectivity index (χ1v) is 1.95. The minimum absolute atomic E-state index is 1.44. The first kappa shape index (κ1) is 4.05. The molecule has 7 heavy (non-hydrogen) atoms. The van der Waals surface area contributed by atoms with Gasteiger partial charge in [-0.1, -0.05) is 0 Å². The highest BCUT2D eigenvalue weighted by molar-refractivity contribution is 5.80. The van der Waals surface area contributed by atoms with E-state index < -0.39 is 0 Å². The van der Waals surface area contributed by atoms with Crippen molar-refractivity contribution in [1.82, 2.24) is 5.43 Å².